The summed E-state index contributed by atoms with van der Waals surface area (Å²) < 4.78 is 23.2. The topological polar surface area (TPSA) is 83.6 Å². The molecule has 0 aliphatic carbocycles. The van der Waals surface area contributed by atoms with Gasteiger partial charge in [0, 0.05) is 0 Å². The summed E-state index contributed by atoms with van der Waals surface area (Å²) in [6.45, 7) is 0.347. The van der Waals surface area contributed by atoms with Crippen LogP contribution in [0.2, 0.25) is 0 Å². The van der Waals surface area contributed by atoms with E-state index in [-0.39, 0.29) is 0 Å². The average Bonchev–Trinajstić information content (AvgIpc) is 1.65. The minimum absolute atomic E-state index is 0.347. The Hall–Kier alpha value is -0.0457. The van der Waals surface area contributed by atoms with Gasteiger partial charge < -0.3 is 5.73 Å². The Morgan fingerprint density at radius 1 is 1.75 bits per heavy atom. The molecule has 4 nitrogen and oxygen atoms in total. The fraction of sp³-hybridized carbons (Fsp3) is 0.333. The quantitative estimate of drug-likeness (QED) is 0.287. The number of terminal acetylenes is 1. The molecule has 0 aromatic rings. The second-order valence-electron chi connectivity index (χ2n) is 0.691. The molecule has 0 saturated heterocycles. The molecule has 0 bridgehead atoms. The monoisotopic (exact) mass is 153 g/mol. The van der Waals surface area contributed by atoms with Crippen molar-refractivity contribution >= 4 is 0 Å². The van der Waals surface area contributed by atoms with Crippen LogP contribution in [0.4, 0.5) is 0 Å². The van der Waals surface area contributed by atoms with Crippen LogP contribution in [0.3, 0.4) is 0 Å². The summed E-state index contributed by atoms with van der Waals surface area (Å²) in [4.78, 5) is 0. The Labute approximate surface area is 54.4 Å². The summed E-state index contributed by atoms with van der Waals surface area (Å²) in [5, 5.41) is 0. The van der Waals surface area contributed by atoms with Gasteiger partial charge >= 0.3 is 29.3 Å². The van der Waals surface area contributed by atoms with Gasteiger partial charge in [-0.15, -0.1) is 6.42 Å². The van der Waals surface area contributed by atoms with Crippen LogP contribution < -0.4 is 5.73 Å². The molecule has 0 atom stereocenters. The van der Waals surface area contributed by atoms with Crippen molar-refractivity contribution in [1.82, 2.24) is 0 Å². The van der Waals surface area contributed by atoms with Crippen LogP contribution in [0.25, 0.3) is 0 Å². The molecule has 0 heterocycles. The van der Waals surface area contributed by atoms with Crippen molar-refractivity contribution in [3.8, 4) is 12.3 Å². The molecule has 0 amide bonds. The second kappa shape index (κ2) is 10.0. The van der Waals surface area contributed by atoms with Crippen LogP contribution in [0.15, 0.2) is 0 Å². The summed E-state index contributed by atoms with van der Waals surface area (Å²) in [5.41, 5.74) is 4.79. The molecule has 0 aromatic heterocycles. The van der Waals surface area contributed by atoms with Crippen LogP contribution in [0.5, 0.6) is 0 Å². The molecule has 0 rings (SSSR count). The minimum atomic E-state index is -3.58. The first-order valence-electron chi connectivity index (χ1n) is 1.70. The standard InChI is InChI=1S/C3H5N.2H2O.O.Ti/c1-2-3-4;;;;/h1H,3-4H2;2*1H2;;/q;;;;+2/p-2. The van der Waals surface area contributed by atoms with Crippen molar-refractivity contribution in [3.05, 3.63) is 0 Å². The summed E-state index contributed by atoms with van der Waals surface area (Å²) in [6.07, 6.45) is 4.65. The van der Waals surface area contributed by atoms with Gasteiger partial charge in [0.25, 0.3) is 0 Å². The molecule has 5 heteroatoms. The molecular formula is C3H7NO3Ti. The third kappa shape index (κ3) is 160. The number of hydrogen-bond donors (Lipinski definition) is 3. The summed E-state index contributed by atoms with van der Waals surface area (Å²) in [6, 6.07) is 0. The zero-order valence-electron chi connectivity index (χ0n) is 4.16. The molecule has 0 spiro atoms. The van der Waals surface area contributed by atoms with E-state index in [1.807, 2.05) is 0 Å². The van der Waals surface area contributed by atoms with Crippen LogP contribution >= 0.6 is 0 Å². The Bertz CT molecular complexity index is 93.2. The molecule has 0 aromatic carbocycles. The first kappa shape index (κ1) is 10.9. The van der Waals surface area contributed by atoms with Crippen molar-refractivity contribution in [2.45, 2.75) is 0 Å². The van der Waals surface area contributed by atoms with Gasteiger partial charge in [0.05, 0.1) is 6.54 Å². The van der Waals surface area contributed by atoms with E-state index >= 15 is 0 Å². The summed E-state index contributed by atoms with van der Waals surface area (Å²) >= 11 is -3.58. The van der Waals surface area contributed by atoms with Crippen LogP contribution in [0.1, 0.15) is 0 Å². The first-order chi connectivity index (χ1) is 3.65. The third-order valence-corrected chi connectivity index (χ3v) is 0.118. The first-order valence-corrected chi connectivity index (χ1v) is 3.74. The molecule has 0 unspecified atom stereocenters. The second-order valence-corrected chi connectivity index (χ2v) is 1.57. The maximum absolute atomic E-state index is 8.81. The predicted molar refractivity (Wildman–Crippen MR) is 23.0 cm³/mol. The predicted octanol–water partition coefficient (Wildman–Crippen LogP) is -1.66. The van der Waals surface area contributed by atoms with Gasteiger partial charge in [-0.3, -0.25) is 0 Å². The van der Waals surface area contributed by atoms with E-state index in [0.717, 1.165) is 0 Å². The summed E-state index contributed by atoms with van der Waals surface area (Å²) in [7, 11) is 0. The van der Waals surface area contributed by atoms with Crippen molar-refractivity contribution < 1.29 is 29.3 Å². The molecule has 0 aliphatic heterocycles. The van der Waals surface area contributed by atoms with E-state index < -0.39 is 18.6 Å². The average molecular weight is 153 g/mol. The Morgan fingerprint density at radius 3 is 1.88 bits per heavy atom. The molecule has 0 aliphatic rings. The van der Waals surface area contributed by atoms with Crippen LogP contribution in [0, 0.1) is 12.3 Å². The number of hydrogen-bond acceptors (Lipinski definition) is 2. The third-order valence-electron chi connectivity index (χ3n) is 0.118. The molecular weight excluding hydrogens is 146 g/mol. The van der Waals surface area contributed by atoms with Crippen LogP contribution in [-0.4, -0.2) is 13.9 Å². The molecule has 0 saturated carbocycles. The van der Waals surface area contributed by atoms with Crippen LogP contribution in [-0.2, 0) is 21.9 Å². The number of nitrogens with two attached hydrogens (primary N) is 1. The van der Waals surface area contributed by atoms with Gasteiger partial charge in [-0.25, -0.2) is 0 Å². The maximum atomic E-state index is 8.81. The van der Waals surface area contributed by atoms with Gasteiger partial charge in [-0.1, -0.05) is 5.92 Å². The van der Waals surface area contributed by atoms with Gasteiger partial charge in [0.2, 0.25) is 0 Å². The summed E-state index contributed by atoms with van der Waals surface area (Å²) in [5.74, 6) is 2.21. The van der Waals surface area contributed by atoms with Gasteiger partial charge in [-0.2, -0.15) is 0 Å². The van der Waals surface area contributed by atoms with E-state index in [9.17, 15) is 0 Å². The molecule has 46 valence electrons. The van der Waals surface area contributed by atoms with E-state index in [0.29, 0.717) is 6.54 Å². The SMILES string of the molecule is C#CCN.[O]=[Ti]([OH])[OH]. The van der Waals surface area contributed by atoms with Crippen molar-refractivity contribution in [1.29, 1.82) is 0 Å². The Balaban J connectivity index is 0. The van der Waals surface area contributed by atoms with E-state index in [2.05, 4.69) is 12.3 Å². The Kier molecular flexibility index (Phi) is 13.6. The zero-order chi connectivity index (χ0) is 6.99. The van der Waals surface area contributed by atoms with E-state index in [4.69, 9.17) is 16.4 Å². The Morgan fingerprint density at radius 2 is 1.88 bits per heavy atom. The van der Waals surface area contributed by atoms with Crippen molar-refractivity contribution in [2.24, 2.45) is 5.73 Å². The van der Waals surface area contributed by atoms with Gasteiger partial charge in [0.15, 0.2) is 0 Å². The van der Waals surface area contributed by atoms with Gasteiger partial charge in [-0.05, 0) is 0 Å². The van der Waals surface area contributed by atoms with Crippen molar-refractivity contribution in [2.75, 3.05) is 6.54 Å². The molecule has 8 heavy (non-hydrogen) atoms. The van der Waals surface area contributed by atoms with E-state index in [1.165, 1.54) is 0 Å². The normalized spacial score (nSPS) is 5.75. The number of rotatable bonds is 0. The van der Waals surface area contributed by atoms with Gasteiger partial charge in [0.1, 0.15) is 0 Å². The fourth-order valence-corrected chi connectivity index (χ4v) is 0. The molecule has 4 N–H and O–H groups in total. The van der Waals surface area contributed by atoms with E-state index in [1.54, 1.807) is 0 Å². The molecule has 0 radical (unpaired) electrons. The fourth-order valence-electron chi connectivity index (χ4n) is 0. The molecule has 0 fully saturated rings. The van der Waals surface area contributed by atoms with Crippen molar-refractivity contribution in [3.63, 3.8) is 0 Å². The zero-order valence-corrected chi connectivity index (χ0v) is 5.73.